The number of rotatable bonds is 2. The number of halogens is 3. The summed E-state index contributed by atoms with van der Waals surface area (Å²) in [5, 5.41) is -0.120. The van der Waals surface area contributed by atoms with Gasteiger partial charge in [0.1, 0.15) is 0 Å². The summed E-state index contributed by atoms with van der Waals surface area (Å²) in [7, 11) is 0. The van der Waals surface area contributed by atoms with E-state index in [0.29, 0.717) is 0 Å². The first-order valence-electron chi connectivity index (χ1n) is 4.73. The van der Waals surface area contributed by atoms with Crippen molar-refractivity contribution in [1.29, 1.82) is 0 Å². The maximum absolute atomic E-state index is 6.44. The average molecular weight is 336 g/mol. The molecule has 0 radical (unpaired) electrons. The van der Waals surface area contributed by atoms with Crippen molar-refractivity contribution in [2.45, 2.75) is 12.3 Å². The molecule has 0 spiro atoms. The molecular formula is C12H9BrCl2S. The van der Waals surface area contributed by atoms with Gasteiger partial charge in [0, 0.05) is 9.35 Å². The molecule has 1 aromatic heterocycles. The molecule has 1 unspecified atom stereocenters. The Labute approximate surface area is 117 Å². The zero-order chi connectivity index (χ0) is 11.7. The summed E-state index contributed by atoms with van der Waals surface area (Å²) in [6.07, 6.45) is 0. The molecule has 0 bridgehead atoms. The minimum atomic E-state index is -0.120. The molecular weight excluding hydrogens is 327 g/mol. The van der Waals surface area contributed by atoms with E-state index in [4.69, 9.17) is 23.2 Å². The summed E-state index contributed by atoms with van der Waals surface area (Å²) in [5.41, 5.74) is 2.31. The molecule has 1 atom stereocenters. The number of benzene rings is 1. The van der Waals surface area contributed by atoms with Gasteiger partial charge in [-0.2, -0.15) is 0 Å². The standard InChI is InChI=1S/C12H9BrCl2S/c1-7-6-8(13)2-3-9(7)12(15)10-4-5-11(14)16-10/h2-6,12H,1H3. The third kappa shape index (κ3) is 2.62. The SMILES string of the molecule is Cc1cc(Br)ccc1C(Cl)c1ccc(Cl)s1. The van der Waals surface area contributed by atoms with Gasteiger partial charge in [-0.3, -0.25) is 0 Å². The minimum Gasteiger partial charge on any atom is -0.127 e. The zero-order valence-electron chi connectivity index (χ0n) is 8.51. The largest absolute Gasteiger partial charge is 0.127 e. The van der Waals surface area contributed by atoms with E-state index in [1.54, 1.807) is 0 Å². The normalized spacial score (nSPS) is 12.8. The summed E-state index contributed by atoms with van der Waals surface area (Å²) >= 11 is 17.3. The van der Waals surface area contributed by atoms with E-state index in [1.807, 2.05) is 24.3 Å². The van der Waals surface area contributed by atoms with Gasteiger partial charge < -0.3 is 0 Å². The molecule has 0 saturated carbocycles. The van der Waals surface area contributed by atoms with Crippen molar-refractivity contribution in [3.8, 4) is 0 Å². The molecule has 16 heavy (non-hydrogen) atoms. The topological polar surface area (TPSA) is 0 Å². The van der Waals surface area contributed by atoms with Crippen LogP contribution in [0.5, 0.6) is 0 Å². The Morgan fingerprint density at radius 2 is 2.00 bits per heavy atom. The highest BCUT2D eigenvalue weighted by molar-refractivity contribution is 9.10. The fourth-order valence-corrected chi connectivity index (χ4v) is 3.53. The first-order chi connectivity index (χ1) is 7.58. The van der Waals surface area contributed by atoms with Crippen molar-refractivity contribution in [2.75, 3.05) is 0 Å². The van der Waals surface area contributed by atoms with Crippen LogP contribution in [0.4, 0.5) is 0 Å². The number of hydrogen-bond donors (Lipinski definition) is 0. The average Bonchev–Trinajstić information content (AvgIpc) is 2.64. The van der Waals surface area contributed by atoms with Crippen molar-refractivity contribution in [1.82, 2.24) is 0 Å². The van der Waals surface area contributed by atoms with Gasteiger partial charge in [-0.25, -0.2) is 0 Å². The second-order valence-electron chi connectivity index (χ2n) is 3.51. The first kappa shape index (κ1) is 12.4. The van der Waals surface area contributed by atoms with E-state index in [2.05, 4.69) is 28.9 Å². The Kier molecular flexibility index (Phi) is 3.96. The van der Waals surface area contributed by atoms with Crippen molar-refractivity contribution in [3.63, 3.8) is 0 Å². The van der Waals surface area contributed by atoms with E-state index in [9.17, 15) is 0 Å². The minimum absolute atomic E-state index is 0.120. The second-order valence-corrected chi connectivity index (χ2v) is 6.60. The van der Waals surface area contributed by atoms with Crippen LogP contribution in [-0.4, -0.2) is 0 Å². The maximum atomic E-state index is 6.44. The van der Waals surface area contributed by atoms with Crippen LogP contribution in [0.1, 0.15) is 21.4 Å². The number of hydrogen-bond acceptors (Lipinski definition) is 1. The van der Waals surface area contributed by atoms with Crippen LogP contribution in [0.3, 0.4) is 0 Å². The highest BCUT2D eigenvalue weighted by Gasteiger charge is 2.15. The second kappa shape index (κ2) is 5.09. The molecule has 0 amide bonds. The number of alkyl halides is 1. The molecule has 0 nitrogen and oxygen atoms in total. The van der Waals surface area contributed by atoms with Gasteiger partial charge in [0.25, 0.3) is 0 Å². The van der Waals surface area contributed by atoms with E-state index >= 15 is 0 Å². The summed E-state index contributed by atoms with van der Waals surface area (Å²) in [6.45, 7) is 2.06. The molecule has 4 heteroatoms. The molecule has 2 rings (SSSR count). The zero-order valence-corrected chi connectivity index (χ0v) is 12.4. The quantitative estimate of drug-likeness (QED) is 0.608. The van der Waals surface area contributed by atoms with Crippen molar-refractivity contribution in [3.05, 3.63) is 55.1 Å². The third-order valence-corrected chi connectivity index (χ3v) is 4.74. The van der Waals surface area contributed by atoms with Gasteiger partial charge in [-0.1, -0.05) is 33.6 Å². The van der Waals surface area contributed by atoms with Crippen LogP contribution in [0.15, 0.2) is 34.8 Å². The Hall–Kier alpha value is -0.0200. The van der Waals surface area contributed by atoms with Crippen molar-refractivity contribution in [2.24, 2.45) is 0 Å². The summed E-state index contributed by atoms with van der Waals surface area (Å²) in [4.78, 5) is 1.08. The van der Waals surface area contributed by atoms with Crippen molar-refractivity contribution >= 4 is 50.5 Å². The Morgan fingerprint density at radius 1 is 1.25 bits per heavy atom. The Balaban J connectivity index is 2.37. The lowest BCUT2D eigenvalue weighted by molar-refractivity contribution is 1.14. The number of thiophene rings is 1. The molecule has 84 valence electrons. The molecule has 1 heterocycles. The van der Waals surface area contributed by atoms with Gasteiger partial charge in [-0.15, -0.1) is 22.9 Å². The monoisotopic (exact) mass is 334 g/mol. The van der Waals surface area contributed by atoms with Crippen LogP contribution >= 0.6 is 50.5 Å². The molecule has 0 aliphatic rings. The molecule has 0 fully saturated rings. The van der Waals surface area contributed by atoms with Crippen LogP contribution in [0, 0.1) is 6.92 Å². The lowest BCUT2D eigenvalue weighted by Gasteiger charge is -2.11. The molecule has 2 aromatic rings. The fraction of sp³-hybridized carbons (Fsp3) is 0.167. The summed E-state index contributed by atoms with van der Waals surface area (Å²) in [6, 6.07) is 9.98. The molecule has 0 aliphatic heterocycles. The van der Waals surface area contributed by atoms with Crippen LogP contribution in [0.2, 0.25) is 4.34 Å². The molecule has 1 aromatic carbocycles. The predicted octanol–water partition coefficient (Wildman–Crippen LogP) is 5.80. The molecule has 0 saturated heterocycles. The predicted molar refractivity (Wildman–Crippen MR) is 75.9 cm³/mol. The van der Waals surface area contributed by atoms with Gasteiger partial charge in [0.05, 0.1) is 9.71 Å². The van der Waals surface area contributed by atoms with E-state index in [1.165, 1.54) is 16.9 Å². The Bertz CT molecular complexity index is 507. The lowest BCUT2D eigenvalue weighted by Crippen LogP contribution is -1.93. The van der Waals surface area contributed by atoms with E-state index in [0.717, 1.165) is 19.2 Å². The van der Waals surface area contributed by atoms with Gasteiger partial charge in [0.15, 0.2) is 0 Å². The third-order valence-electron chi connectivity index (χ3n) is 2.35. The van der Waals surface area contributed by atoms with E-state index < -0.39 is 0 Å². The van der Waals surface area contributed by atoms with Crippen molar-refractivity contribution < 1.29 is 0 Å². The smallest absolute Gasteiger partial charge is 0.0931 e. The lowest BCUT2D eigenvalue weighted by atomic mass is 10.0. The van der Waals surface area contributed by atoms with Crippen LogP contribution in [-0.2, 0) is 0 Å². The molecule has 0 aliphatic carbocycles. The highest BCUT2D eigenvalue weighted by Crippen LogP contribution is 2.37. The highest BCUT2D eigenvalue weighted by atomic mass is 79.9. The van der Waals surface area contributed by atoms with Gasteiger partial charge >= 0.3 is 0 Å². The summed E-state index contributed by atoms with van der Waals surface area (Å²) in [5.74, 6) is 0. The fourth-order valence-electron chi connectivity index (χ4n) is 1.54. The van der Waals surface area contributed by atoms with Crippen LogP contribution in [0.25, 0.3) is 0 Å². The van der Waals surface area contributed by atoms with Gasteiger partial charge in [-0.05, 0) is 42.3 Å². The Morgan fingerprint density at radius 3 is 2.56 bits per heavy atom. The van der Waals surface area contributed by atoms with Gasteiger partial charge in [0.2, 0.25) is 0 Å². The first-order valence-corrected chi connectivity index (χ1v) is 7.15. The van der Waals surface area contributed by atoms with Crippen LogP contribution < -0.4 is 0 Å². The van der Waals surface area contributed by atoms with E-state index in [-0.39, 0.29) is 5.38 Å². The molecule has 0 N–H and O–H groups in total. The number of aryl methyl sites for hydroxylation is 1. The summed E-state index contributed by atoms with van der Waals surface area (Å²) < 4.78 is 1.84. The maximum Gasteiger partial charge on any atom is 0.0931 e.